The number of nitrogens with one attached hydrogen (secondary N) is 1. The minimum absolute atomic E-state index is 0.0600. The van der Waals surface area contributed by atoms with E-state index in [0.29, 0.717) is 11.6 Å². The molecule has 0 radical (unpaired) electrons. The average Bonchev–Trinajstić information content (AvgIpc) is 3.15. The first-order chi connectivity index (χ1) is 12.1. The van der Waals surface area contributed by atoms with E-state index in [4.69, 9.17) is 5.10 Å². The largest absolute Gasteiger partial charge is 0.340 e. The van der Waals surface area contributed by atoms with E-state index in [1.165, 1.54) is 0 Å². The van der Waals surface area contributed by atoms with Gasteiger partial charge in [0.1, 0.15) is 5.69 Å². The highest BCUT2D eigenvalue weighted by atomic mass is 16.2. The third kappa shape index (κ3) is 2.74. The fourth-order valence-corrected chi connectivity index (χ4v) is 3.46. The fourth-order valence-electron chi connectivity index (χ4n) is 3.46. The molecule has 4 rings (SSSR count). The molecule has 4 heteroatoms. The van der Waals surface area contributed by atoms with Crippen LogP contribution in [0.2, 0.25) is 0 Å². The van der Waals surface area contributed by atoms with Gasteiger partial charge in [-0.1, -0.05) is 62.4 Å². The molecule has 1 unspecified atom stereocenters. The van der Waals surface area contributed by atoms with E-state index in [9.17, 15) is 4.79 Å². The third-order valence-corrected chi connectivity index (χ3v) is 4.51. The molecule has 0 fully saturated rings. The van der Waals surface area contributed by atoms with Gasteiger partial charge in [0.2, 0.25) is 0 Å². The van der Waals surface area contributed by atoms with Crippen molar-refractivity contribution < 1.29 is 4.79 Å². The van der Waals surface area contributed by atoms with Crippen molar-refractivity contribution in [1.82, 2.24) is 15.1 Å². The quantitative estimate of drug-likeness (QED) is 0.788. The topological polar surface area (TPSA) is 46.9 Å². The number of carbonyl (C=O) groups excluding carboxylic acids is 1. The Labute approximate surface area is 147 Å². The molecule has 1 N–H and O–H groups in total. The molecule has 0 aliphatic carbocycles. The number of carbonyl (C=O) groups is 1. The normalized spacial score (nSPS) is 16.1. The SMILES string of the molecule is CC(C)Cc1nn(-c2ccccc2)c2c1C(c1ccccc1)NC2=O. The first-order valence-corrected chi connectivity index (χ1v) is 8.68. The fraction of sp³-hybridized carbons (Fsp3) is 0.238. The van der Waals surface area contributed by atoms with Gasteiger partial charge in [0, 0.05) is 5.56 Å². The van der Waals surface area contributed by atoms with Gasteiger partial charge >= 0.3 is 0 Å². The maximum absolute atomic E-state index is 12.8. The summed E-state index contributed by atoms with van der Waals surface area (Å²) in [7, 11) is 0. The van der Waals surface area contributed by atoms with E-state index in [1.807, 2.05) is 48.5 Å². The van der Waals surface area contributed by atoms with Crippen molar-refractivity contribution >= 4 is 5.91 Å². The molecule has 1 atom stereocenters. The molecule has 1 aliphatic rings. The van der Waals surface area contributed by atoms with Crippen LogP contribution in [-0.4, -0.2) is 15.7 Å². The molecule has 1 amide bonds. The Balaban J connectivity index is 1.90. The Morgan fingerprint density at radius 2 is 1.68 bits per heavy atom. The van der Waals surface area contributed by atoms with Crippen molar-refractivity contribution in [2.75, 3.05) is 0 Å². The summed E-state index contributed by atoms with van der Waals surface area (Å²) in [5.74, 6) is 0.408. The zero-order valence-electron chi connectivity index (χ0n) is 14.4. The van der Waals surface area contributed by atoms with E-state index >= 15 is 0 Å². The molecule has 126 valence electrons. The number of hydrogen-bond acceptors (Lipinski definition) is 2. The number of amides is 1. The van der Waals surface area contributed by atoms with E-state index in [-0.39, 0.29) is 11.9 Å². The van der Waals surface area contributed by atoms with Gasteiger partial charge in [0.25, 0.3) is 5.91 Å². The summed E-state index contributed by atoms with van der Waals surface area (Å²) in [5.41, 5.74) is 4.69. The number of rotatable bonds is 4. The molecule has 1 aliphatic heterocycles. The number of nitrogens with zero attached hydrogens (tertiary/aromatic N) is 2. The highest BCUT2D eigenvalue weighted by Crippen LogP contribution is 2.35. The maximum Gasteiger partial charge on any atom is 0.271 e. The smallest absolute Gasteiger partial charge is 0.271 e. The second kappa shape index (κ2) is 6.20. The summed E-state index contributed by atoms with van der Waals surface area (Å²) in [5, 5.41) is 7.96. The lowest BCUT2D eigenvalue weighted by Gasteiger charge is -2.13. The van der Waals surface area contributed by atoms with E-state index in [0.717, 1.165) is 28.9 Å². The van der Waals surface area contributed by atoms with Crippen molar-refractivity contribution in [1.29, 1.82) is 0 Å². The summed E-state index contributed by atoms with van der Waals surface area (Å²) < 4.78 is 1.80. The maximum atomic E-state index is 12.8. The summed E-state index contributed by atoms with van der Waals surface area (Å²) in [6.45, 7) is 4.35. The zero-order chi connectivity index (χ0) is 17.4. The predicted molar refractivity (Wildman–Crippen MR) is 97.9 cm³/mol. The summed E-state index contributed by atoms with van der Waals surface area (Å²) >= 11 is 0. The lowest BCUT2D eigenvalue weighted by Crippen LogP contribution is -2.23. The van der Waals surface area contributed by atoms with Crippen LogP contribution in [-0.2, 0) is 6.42 Å². The Hall–Kier alpha value is -2.88. The molecule has 1 aromatic heterocycles. The van der Waals surface area contributed by atoms with Crippen molar-refractivity contribution in [3.8, 4) is 5.69 Å². The van der Waals surface area contributed by atoms with E-state index < -0.39 is 0 Å². The number of benzene rings is 2. The van der Waals surface area contributed by atoms with Crippen LogP contribution in [0.25, 0.3) is 5.69 Å². The molecular weight excluding hydrogens is 310 g/mol. The van der Waals surface area contributed by atoms with Gasteiger partial charge in [0.15, 0.2) is 0 Å². The molecule has 2 aromatic carbocycles. The third-order valence-electron chi connectivity index (χ3n) is 4.51. The summed E-state index contributed by atoms with van der Waals surface area (Å²) in [4.78, 5) is 12.8. The minimum atomic E-state index is -0.130. The van der Waals surface area contributed by atoms with Gasteiger partial charge < -0.3 is 5.32 Å². The first kappa shape index (κ1) is 15.6. The van der Waals surface area contributed by atoms with Crippen LogP contribution < -0.4 is 5.32 Å². The predicted octanol–water partition coefficient (Wildman–Crippen LogP) is 3.90. The summed E-state index contributed by atoms with van der Waals surface area (Å²) in [6, 6.07) is 19.8. The van der Waals surface area contributed by atoms with Gasteiger partial charge in [-0.15, -0.1) is 0 Å². The molecule has 4 nitrogen and oxygen atoms in total. The molecular formula is C21H21N3O. The average molecular weight is 331 g/mol. The molecule has 3 aromatic rings. The van der Waals surface area contributed by atoms with Crippen molar-refractivity contribution in [2.24, 2.45) is 5.92 Å². The highest BCUT2D eigenvalue weighted by molar-refractivity contribution is 5.99. The van der Waals surface area contributed by atoms with Crippen molar-refractivity contribution in [3.63, 3.8) is 0 Å². The van der Waals surface area contributed by atoms with Gasteiger partial charge in [-0.05, 0) is 30.0 Å². The molecule has 0 bridgehead atoms. The molecule has 0 saturated heterocycles. The van der Waals surface area contributed by atoms with Crippen molar-refractivity contribution in [3.05, 3.63) is 83.2 Å². The van der Waals surface area contributed by atoms with Crippen LogP contribution in [0.1, 0.15) is 47.2 Å². The van der Waals surface area contributed by atoms with Crippen LogP contribution in [0, 0.1) is 5.92 Å². The number of para-hydroxylation sites is 1. The monoisotopic (exact) mass is 331 g/mol. The molecule has 25 heavy (non-hydrogen) atoms. The Morgan fingerprint density at radius 3 is 2.32 bits per heavy atom. The molecule has 2 heterocycles. The summed E-state index contributed by atoms with van der Waals surface area (Å²) in [6.07, 6.45) is 0.848. The van der Waals surface area contributed by atoms with Crippen LogP contribution in [0.4, 0.5) is 0 Å². The van der Waals surface area contributed by atoms with Crippen molar-refractivity contribution in [2.45, 2.75) is 26.3 Å². The van der Waals surface area contributed by atoms with Gasteiger partial charge in [0.05, 0.1) is 17.4 Å². The lowest BCUT2D eigenvalue weighted by molar-refractivity contribution is 0.0953. The van der Waals surface area contributed by atoms with Crippen LogP contribution in [0.15, 0.2) is 60.7 Å². The molecule has 0 saturated carbocycles. The Kier molecular flexibility index (Phi) is 3.88. The van der Waals surface area contributed by atoms with Gasteiger partial charge in [-0.2, -0.15) is 5.10 Å². The zero-order valence-corrected chi connectivity index (χ0v) is 14.4. The van der Waals surface area contributed by atoms with Crippen LogP contribution >= 0.6 is 0 Å². The van der Waals surface area contributed by atoms with E-state index in [2.05, 4.69) is 31.3 Å². The number of fused-ring (bicyclic) bond motifs is 1. The van der Waals surface area contributed by atoms with Gasteiger partial charge in [-0.25, -0.2) is 4.68 Å². The second-order valence-electron chi connectivity index (χ2n) is 6.87. The number of hydrogen-bond donors (Lipinski definition) is 1. The van der Waals surface area contributed by atoms with E-state index in [1.54, 1.807) is 4.68 Å². The second-order valence-corrected chi connectivity index (χ2v) is 6.87. The standard InChI is InChI=1S/C21H21N3O/c1-14(2)13-17-18-19(15-9-5-3-6-10-15)22-21(25)20(18)24(23-17)16-11-7-4-8-12-16/h3-12,14,19H,13H2,1-2H3,(H,22,25). The van der Waals surface area contributed by atoms with Crippen LogP contribution in [0.5, 0.6) is 0 Å². The Bertz CT molecular complexity index is 898. The van der Waals surface area contributed by atoms with Crippen LogP contribution in [0.3, 0.4) is 0 Å². The number of aromatic nitrogens is 2. The minimum Gasteiger partial charge on any atom is -0.340 e. The molecule has 0 spiro atoms. The highest BCUT2D eigenvalue weighted by Gasteiger charge is 2.37. The first-order valence-electron chi connectivity index (χ1n) is 8.68. The Morgan fingerprint density at radius 1 is 1.04 bits per heavy atom. The van der Waals surface area contributed by atoms with Gasteiger partial charge in [-0.3, -0.25) is 4.79 Å². The lowest BCUT2D eigenvalue weighted by atomic mass is 9.96.